The SMILES string of the molecule is CCCC(C)(C)c1ccc2ccc(N)nc2c1. The van der Waals surface area contributed by atoms with Crippen molar-refractivity contribution in [3.8, 4) is 0 Å². The van der Waals surface area contributed by atoms with Crippen LogP contribution in [0.3, 0.4) is 0 Å². The molecule has 2 N–H and O–H groups in total. The Balaban J connectivity index is 2.50. The van der Waals surface area contributed by atoms with Crippen LogP contribution in [0.4, 0.5) is 5.82 Å². The molecule has 0 amide bonds. The zero-order valence-electron chi connectivity index (χ0n) is 10.8. The van der Waals surface area contributed by atoms with E-state index in [4.69, 9.17) is 5.73 Å². The number of fused-ring (bicyclic) bond motifs is 1. The normalized spacial score (nSPS) is 11.9. The summed E-state index contributed by atoms with van der Waals surface area (Å²) in [5, 5.41) is 1.15. The van der Waals surface area contributed by atoms with Crippen LogP contribution < -0.4 is 5.73 Å². The van der Waals surface area contributed by atoms with Crippen molar-refractivity contribution in [2.24, 2.45) is 0 Å². The molecule has 1 aromatic carbocycles. The summed E-state index contributed by atoms with van der Waals surface area (Å²) in [6.07, 6.45) is 2.37. The molecule has 0 aliphatic rings. The van der Waals surface area contributed by atoms with Gasteiger partial charge in [-0.3, -0.25) is 0 Å². The standard InChI is InChI=1S/C15H20N2/c1-4-9-15(2,3)12-7-5-11-6-8-14(16)17-13(11)10-12/h5-8,10H,4,9H2,1-3H3,(H2,16,17). The highest BCUT2D eigenvalue weighted by Gasteiger charge is 2.19. The van der Waals surface area contributed by atoms with Gasteiger partial charge in [-0.15, -0.1) is 0 Å². The first-order valence-corrected chi connectivity index (χ1v) is 6.20. The number of nitrogens with two attached hydrogens (primary N) is 1. The third kappa shape index (κ3) is 2.41. The fourth-order valence-electron chi connectivity index (χ4n) is 2.32. The molecule has 0 saturated heterocycles. The Labute approximate surface area is 103 Å². The smallest absolute Gasteiger partial charge is 0.124 e. The van der Waals surface area contributed by atoms with Crippen molar-refractivity contribution in [1.82, 2.24) is 4.98 Å². The van der Waals surface area contributed by atoms with E-state index >= 15 is 0 Å². The second-order valence-electron chi connectivity index (χ2n) is 5.28. The van der Waals surface area contributed by atoms with Crippen molar-refractivity contribution < 1.29 is 0 Å². The number of aromatic nitrogens is 1. The summed E-state index contributed by atoms with van der Waals surface area (Å²) in [5.41, 5.74) is 8.26. The van der Waals surface area contributed by atoms with Gasteiger partial charge in [-0.2, -0.15) is 0 Å². The molecule has 17 heavy (non-hydrogen) atoms. The van der Waals surface area contributed by atoms with Gasteiger partial charge < -0.3 is 5.73 Å². The summed E-state index contributed by atoms with van der Waals surface area (Å²) in [7, 11) is 0. The van der Waals surface area contributed by atoms with Crippen LogP contribution in [-0.4, -0.2) is 4.98 Å². The molecular weight excluding hydrogens is 208 g/mol. The van der Waals surface area contributed by atoms with Gasteiger partial charge in [0.15, 0.2) is 0 Å². The lowest BCUT2D eigenvalue weighted by Crippen LogP contribution is -2.16. The van der Waals surface area contributed by atoms with Gasteiger partial charge in [0.1, 0.15) is 5.82 Å². The minimum absolute atomic E-state index is 0.204. The zero-order chi connectivity index (χ0) is 12.5. The highest BCUT2D eigenvalue weighted by Crippen LogP contribution is 2.30. The summed E-state index contributed by atoms with van der Waals surface area (Å²) in [5.74, 6) is 0.586. The van der Waals surface area contributed by atoms with Gasteiger partial charge in [0.25, 0.3) is 0 Å². The molecule has 2 rings (SSSR count). The third-order valence-electron chi connectivity index (χ3n) is 3.37. The van der Waals surface area contributed by atoms with Gasteiger partial charge in [0, 0.05) is 5.39 Å². The molecule has 0 bridgehead atoms. The maximum absolute atomic E-state index is 5.73. The first kappa shape index (κ1) is 11.9. The van der Waals surface area contributed by atoms with E-state index in [0.29, 0.717) is 5.82 Å². The first-order valence-electron chi connectivity index (χ1n) is 6.20. The van der Waals surface area contributed by atoms with Crippen LogP contribution in [-0.2, 0) is 5.41 Å². The average molecular weight is 228 g/mol. The van der Waals surface area contributed by atoms with Crippen LogP contribution >= 0.6 is 0 Å². The van der Waals surface area contributed by atoms with Crippen molar-refractivity contribution in [1.29, 1.82) is 0 Å². The van der Waals surface area contributed by atoms with Crippen molar-refractivity contribution in [3.05, 3.63) is 35.9 Å². The van der Waals surface area contributed by atoms with Crippen molar-refractivity contribution in [2.75, 3.05) is 5.73 Å². The molecular formula is C15H20N2. The Morgan fingerprint density at radius 2 is 1.88 bits per heavy atom. The number of benzene rings is 1. The van der Waals surface area contributed by atoms with E-state index in [0.717, 1.165) is 10.9 Å². The fourth-order valence-corrected chi connectivity index (χ4v) is 2.32. The number of hydrogen-bond acceptors (Lipinski definition) is 2. The molecule has 0 spiro atoms. The Morgan fingerprint density at radius 3 is 2.59 bits per heavy atom. The summed E-state index contributed by atoms with van der Waals surface area (Å²) in [4.78, 5) is 4.39. The van der Waals surface area contributed by atoms with Crippen LogP contribution in [0.2, 0.25) is 0 Å². The molecule has 0 unspecified atom stereocenters. The lowest BCUT2D eigenvalue weighted by Gasteiger charge is -2.24. The molecule has 2 nitrogen and oxygen atoms in total. The van der Waals surface area contributed by atoms with Crippen LogP contribution in [0.1, 0.15) is 39.2 Å². The Kier molecular flexibility index (Phi) is 3.05. The maximum atomic E-state index is 5.73. The van der Waals surface area contributed by atoms with Crippen LogP contribution in [0.5, 0.6) is 0 Å². The summed E-state index contributed by atoms with van der Waals surface area (Å²) >= 11 is 0. The molecule has 1 heterocycles. The molecule has 0 aliphatic heterocycles. The average Bonchev–Trinajstić information content (AvgIpc) is 2.28. The first-order chi connectivity index (χ1) is 8.03. The summed E-state index contributed by atoms with van der Waals surface area (Å²) < 4.78 is 0. The van der Waals surface area contributed by atoms with E-state index < -0.39 is 0 Å². The number of nitrogen functional groups attached to an aromatic ring is 1. The number of anilines is 1. The van der Waals surface area contributed by atoms with Crippen molar-refractivity contribution >= 4 is 16.7 Å². The molecule has 1 aromatic heterocycles. The Morgan fingerprint density at radius 1 is 1.18 bits per heavy atom. The highest BCUT2D eigenvalue weighted by atomic mass is 14.8. The molecule has 0 fully saturated rings. The molecule has 0 radical (unpaired) electrons. The fraction of sp³-hybridized carbons (Fsp3) is 0.400. The van der Waals surface area contributed by atoms with E-state index in [1.807, 2.05) is 12.1 Å². The van der Waals surface area contributed by atoms with E-state index in [2.05, 4.69) is 44.0 Å². The quantitative estimate of drug-likeness (QED) is 0.865. The predicted octanol–water partition coefficient (Wildman–Crippen LogP) is 3.89. The van der Waals surface area contributed by atoms with Gasteiger partial charge in [-0.1, -0.05) is 39.3 Å². The zero-order valence-corrected chi connectivity index (χ0v) is 10.8. The van der Waals surface area contributed by atoms with Gasteiger partial charge >= 0.3 is 0 Å². The van der Waals surface area contributed by atoms with Crippen LogP contribution in [0, 0.1) is 0 Å². The number of pyridine rings is 1. The molecule has 2 aromatic rings. The van der Waals surface area contributed by atoms with Gasteiger partial charge in [0.05, 0.1) is 5.52 Å². The number of hydrogen-bond donors (Lipinski definition) is 1. The monoisotopic (exact) mass is 228 g/mol. The number of nitrogens with zero attached hydrogens (tertiary/aromatic N) is 1. The largest absolute Gasteiger partial charge is 0.384 e. The minimum Gasteiger partial charge on any atom is -0.384 e. The van der Waals surface area contributed by atoms with Crippen molar-refractivity contribution in [2.45, 2.75) is 39.0 Å². The Bertz CT molecular complexity index is 529. The van der Waals surface area contributed by atoms with E-state index in [1.54, 1.807) is 0 Å². The van der Waals surface area contributed by atoms with Crippen LogP contribution in [0.25, 0.3) is 10.9 Å². The van der Waals surface area contributed by atoms with Crippen LogP contribution in [0.15, 0.2) is 30.3 Å². The second-order valence-corrected chi connectivity index (χ2v) is 5.28. The maximum Gasteiger partial charge on any atom is 0.124 e. The lowest BCUT2D eigenvalue weighted by molar-refractivity contribution is 0.473. The summed E-state index contributed by atoms with van der Waals surface area (Å²) in [6, 6.07) is 10.4. The molecule has 0 atom stereocenters. The lowest BCUT2D eigenvalue weighted by atomic mass is 9.80. The van der Waals surface area contributed by atoms with E-state index in [1.165, 1.54) is 18.4 Å². The molecule has 2 heteroatoms. The Hall–Kier alpha value is -1.57. The third-order valence-corrected chi connectivity index (χ3v) is 3.37. The molecule has 0 aliphatic carbocycles. The number of rotatable bonds is 3. The van der Waals surface area contributed by atoms with Crippen molar-refractivity contribution in [3.63, 3.8) is 0 Å². The topological polar surface area (TPSA) is 38.9 Å². The highest BCUT2D eigenvalue weighted by molar-refractivity contribution is 5.80. The van der Waals surface area contributed by atoms with Gasteiger partial charge in [-0.05, 0) is 35.6 Å². The van der Waals surface area contributed by atoms with E-state index in [-0.39, 0.29) is 5.41 Å². The molecule has 0 saturated carbocycles. The minimum atomic E-state index is 0.204. The molecule has 90 valence electrons. The van der Waals surface area contributed by atoms with E-state index in [9.17, 15) is 0 Å². The van der Waals surface area contributed by atoms with Gasteiger partial charge in [-0.25, -0.2) is 4.98 Å². The summed E-state index contributed by atoms with van der Waals surface area (Å²) in [6.45, 7) is 6.78. The van der Waals surface area contributed by atoms with Gasteiger partial charge in [0.2, 0.25) is 0 Å². The second kappa shape index (κ2) is 4.36. The predicted molar refractivity (Wildman–Crippen MR) is 74.1 cm³/mol.